The molecule has 7 heteroatoms. The van der Waals surface area contributed by atoms with Crippen molar-refractivity contribution >= 4 is 28.7 Å². The van der Waals surface area contributed by atoms with Crippen LogP contribution in [0.2, 0.25) is 0 Å². The van der Waals surface area contributed by atoms with E-state index in [1.807, 2.05) is 73.7 Å². The van der Waals surface area contributed by atoms with Gasteiger partial charge in [-0.25, -0.2) is 9.37 Å². The molecule has 1 unspecified atom stereocenters. The molecule has 5 rings (SSSR count). The first kappa shape index (κ1) is 23.8. The highest BCUT2D eigenvalue weighted by atomic mass is 32.2. The van der Waals surface area contributed by atoms with E-state index in [-0.39, 0.29) is 17.8 Å². The van der Waals surface area contributed by atoms with Gasteiger partial charge < -0.3 is 9.88 Å². The van der Waals surface area contributed by atoms with Crippen LogP contribution < -0.4 is 5.32 Å². The quantitative estimate of drug-likeness (QED) is 0.253. The number of carbonyl (C=O) groups is 1. The first-order valence-corrected chi connectivity index (χ1v) is 12.7. The number of imidazole rings is 1. The average Bonchev–Trinajstić information content (AvgIpc) is 3.26. The summed E-state index contributed by atoms with van der Waals surface area (Å²) < 4.78 is 16.2. The Balaban J connectivity index is 1.33. The van der Waals surface area contributed by atoms with Crippen molar-refractivity contribution < 1.29 is 9.18 Å². The van der Waals surface area contributed by atoms with Crippen LogP contribution in [0.15, 0.2) is 102 Å². The Hall–Kier alpha value is -3.97. The van der Waals surface area contributed by atoms with Gasteiger partial charge in [-0.2, -0.15) is 0 Å². The van der Waals surface area contributed by atoms with Gasteiger partial charge >= 0.3 is 0 Å². The van der Waals surface area contributed by atoms with Crippen LogP contribution in [0.25, 0.3) is 11.0 Å². The molecule has 1 N–H and O–H groups in total. The fraction of sp³-hybridized carbons (Fsp3) is 0.138. The molecule has 0 saturated heterocycles. The van der Waals surface area contributed by atoms with Crippen molar-refractivity contribution in [1.82, 2.24) is 19.9 Å². The summed E-state index contributed by atoms with van der Waals surface area (Å²) in [5, 5.41) is 3.84. The van der Waals surface area contributed by atoms with Gasteiger partial charge in [0, 0.05) is 17.5 Å². The highest BCUT2D eigenvalue weighted by Gasteiger charge is 2.15. The lowest BCUT2D eigenvalue weighted by Crippen LogP contribution is -2.26. The predicted octanol–water partition coefficient (Wildman–Crippen LogP) is 6.40. The predicted molar refractivity (Wildman–Crippen MR) is 141 cm³/mol. The maximum absolute atomic E-state index is 14.1. The topological polar surface area (TPSA) is 59.8 Å². The minimum atomic E-state index is -0.218. The molecule has 0 aliphatic carbocycles. The molecule has 0 aliphatic rings. The van der Waals surface area contributed by atoms with Gasteiger partial charge in [0.15, 0.2) is 5.16 Å². The van der Waals surface area contributed by atoms with Crippen molar-refractivity contribution in [2.75, 3.05) is 0 Å². The van der Waals surface area contributed by atoms with E-state index in [2.05, 4.69) is 14.9 Å². The summed E-state index contributed by atoms with van der Waals surface area (Å²) in [4.78, 5) is 21.8. The van der Waals surface area contributed by atoms with Gasteiger partial charge in [-0.1, -0.05) is 72.4 Å². The Morgan fingerprint density at radius 2 is 1.75 bits per heavy atom. The van der Waals surface area contributed by atoms with Crippen molar-refractivity contribution in [2.24, 2.45) is 0 Å². The van der Waals surface area contributed by atoms with Crippen molar-refractivity contribution in [2.45, 2.75) is 30.4 Å². The Kier molecular flexibility index (Phi) is 7.09. The molecule has 2 heterocycles. The molecule has 5 nitrogen and oxygen atoms in total. The van der Waals surface area contributed by atoms with Crippen LogP contribution in [-0.4, -0.2) is 20.4 Å². The van der Waals surface area contributed by atoms with Crippen LogP contribution in [0.5, 0.6) is 0 Å². The molecule has 0 radical (unpaired) electrons. The maximum Gasteiger partial charge on any atom is 0.251 e. The average molecular weight is 497 g/mol. The zero-order chi connectivity index (χ0) is 24.9. The van der Waals surface area contributed by atoms with Gasteiger partial charge in [-0.15, -0.1) is 0 Å². The Bertz CT molecular complexity index is 1480. The second kappa shape index (κ2) is 10.7. The summed E-state index contributed by atoms with van der Waals surface area (Å²) in [6.07, 6.45) is 3.51. The highest BCUT2D eigenvalue weighted by molar-refractivity contribution is 7.98. The number of hydrogen-bond donors (Lipinski definition) is 1. The number of amides is 1. The molecule has 0 saturated carbocycles. The summed E-state index contributed by atoms with van der Waals surface area (Å²) >= 11 is 1.49. The molecule has 2 aromatic heterocycles. The lowest BCUT2D eigenvalue weighted by molar-refractivity contribution is 0.0940. The van der Waals surface area contributed by atoms with Crippen LogP contribution in [0.4, 0.5) is 4.39 Å². The van der Waals surface area contributed by atoms with Gasteiger partial charge in [0.05, 0.1) is 29.8 Å². The Morgan fingerprint density at radius 3 is 2.53 bits per heavy atom. The smallest absolute Gasteiger partial charge is 0.251 e. The highest BCUT2D eigenvalue weighted by Crippen LogP contribution is 2.28. The fourth-order valence-electron chi connectivity index (χ4n) is 4.02. The zero-order valence-electron chi connectivity index (χ0n) is 19.8. The molecule has 1 amide bonds. The lowest BCUT2D eigenvalue weighted by atomic mass is 10.1. The van der Waals surface area contributed by atoms with Gasteiger partial charge in [-0.3, -0.25) is 9.78 Å². The van der Waals surface area contributed by atoms with Crippen molar-refractivity contribution in [3.8, 4) is 0 Å². The third-order valence-corrected chi connectivity index (χ3v) is 7.06. The fourth-order valence-corrected chi connectivity index (χ4v) is 5.02. The van der Waals surface area contributed by atoms with Crippen molar-refractivity contribution in [3.05, 3.63) is 125 Å². The number of thioether (sulfide) groups is 1. The first-order chi connectivity index (χ1) is 17.6. The normalized spacial score (nSPS) is 11.9. The number of rotatable bonds is 8. The molecule has 0 bridgehead atoms. The summed E-state index contributed by atoms with van der Waals surface area (Å²) in [5.41, 5.74) is 5.08. The van der Waals surface area contributed by atoms with E-state index in [1.54, 1.807) is 24.5 Å². The second-order valence-corrected chi connectivity index (χ2v) is 9.47. The van der Waals surface area contributed by atoms with Gasteiger partial charge in [-0.05, 0) is 47.9 Å². The Morgan fingerprint density at radius 1 is 1.00 bits per heavy atom. The van der Waals surface area contributed by atoms with Crippen LogP contribution in [-0.2, 0) is 12.3 Å². The van der Waals surface area contributed by atoms with Crippen molar-refractivity contribution in [1.29, 1.82) is 0 Å². The molecule has 0 aliphatic heterocycles. The summed E-state index contributed by atoms with van der Waals surface area (Å²) in [6, 6.07) is 26.1. The van der Waals surface area contributed by atoms with Gasteiger partial charge in [0.25, 0.3) is 5.91 Å². The minimum absolute atomic E-state index is 0.0859. The summed E-state index contributed by atoms with van der Waals surface area (Å²) in [7, 11) is 0. The number of nitrogens with zero attached hydrogens (tertiary/aromatic N) is 3. The number of halogens is 1. The molecule has 0 spiro atoms. The second-order valence-electron chi connectivity index (χ2n) is 8.53. The summed E-state index contributed by atoms with van der Waals surface area (Å²) in [6.45, 7) is 2.53. The maximum atomic E-state index is 14.1. The third-order valence-electron chi connectivity index (χ3n) is 6.03. The van der Waals surface area contributed by atoms with E-state index in [4.69, 9.17) is 4.98 Å². The van der Waals surface area contributed by atoms with E-state index < -0.39 is 0 Å². The summed E-state index contributed by atoms with van der Waals surface area (Å²) in [5.74, 6) is 0.142. The molecule has 3 aromatic carbocycles. The molecular weight excluding hydrogens is 471 g/mol. The molecule has 5 aromatic rings. The minimum Gasteiger partial charge on any atom is -0.346 e. The number of hydrogen-bond acceptors (Lipinski definition) is 4. The molecule has 0 fully saturated rings. The van der Waals surface area contributed by atoms with Gasteiger partial charge in [0.1, 0.15) is 5.82 Å². The van der Waals surface area contributed by atoms with E-state index in [0.29, 0.717) is 23.4 Å². The Labute approximate surface area is 213 Å². The SMILES string of the molecule is CC(NC(=O)c1ccc(Cn2c(SCc3ccccc3F)nc3ccncc32)cc1)c1ccccc1. The van der Waals surface area contributed by atoms with E-state index in [1.165, 1.54) is 17.8 Å². The van der Waals surface area contributed by atoms with E-state index in [9.17, 15) is 9.18 Å². The zero-order valence-corrected chi connectivity index (χ0v) is 20.6. The number of pyridine rings is 1. The van der Waals surface area contributed by atoms with Crippen molar-refractivity contribution in [3.63, 3.8) is 0 Å². The van der Waals surface area contributed by atoms with Crippen LogP contribution >= 0.6 is 11.8 Å². The molecular formula is C29H25FN4OS. The standard InChI is InChI=1S/C29H25FN4OS/c1-20(22-7-3-2-4-8-22)32-28(35)23-13-11-21(12-14-23)18-34-27-17-31-16-15-26(27)33-29(34)36-19-24-9-5-6-10-25(24)30/h2-17,20H,18-19H2,1H3,(H,32,35). The van der Waals surface area contributed by atoms with E-state index >= 15 is 0 Å². The van der Waals surface area contributed by atoms with E-state index in [0.717, 1.165) is 27.3 Å². The number of fused-ring (bicyclic) bond motifs is 1. The van der Waals surface area contributed by atoms with Crippen LogP contribution in [0.3, 0.4) is 0 Å². The van der Waals surface area contributed by atoms with Crippen LogP contribution in [0, 0.1) is 5.82 Å². The number of carbonyl (C=O) groups excluding carboxylic acids is 1. The number of benzene rings is 3. The van der Waals surface area contributed by atoms with Crippen LogP contribution in [0.1, 0.15) is 40.0 Å². The molecule has 36 heavy (non-hydrogen) atoms. The number of aromatic nitrogens is 3. The molecule has 1 atom stereocenters. The number of nitrogens with one attached hydrogen (secondary N) is 1. The monoisotopic (exact) mass is 496 g/mol. The van der Waals surface area contributed by atoms with Gasteiger partial charge in [0.2, 0.25) is 0 Å². The third kappa shape index (κ3) is 5.31. The first-order valence-electron chi connectivity index (χ1n) is 11.7. The molecule has 180 valence electrons. The largest absolute Gasteiger partial charge is 0.346 e. The lowest BCUT2D eigenvalue weighted by Gasteiger charge is -2.14.